The molecule has 1 aromatic carbocycles. The Morgan fingerprint density at radius 3 is 2.96 bits per heavy atom. The molecule has 3 rings (SSSR count). The number of likely N-dealkylation sites (tertiary alicyclic amines) is 1. The first-order valence-electron chi connectivity index (χ1n) is 8.19. The van der Waals surface area contributed by atoms with E-state index >= 15 is 0 Å². The summed E-state index contributed by atoms with van der Waals surface area (Å²) in [5, 5.41) is 12.1. The molecule has 1 N–H and O–H groups in total. The topological polar surface area (TPSA) is 63.1 Å². The maximum atomic E-state index is 12.3. The van der Waals surface area contributed by atoms with Crippen molar-refractivity contribution >= 4 is 23.5 Å². The van der Waals surface area contributed by atoms with Crippen LogP contribution >= 0.6 is 11.8 Å². The number of hydrogen-bond donors (Lipinski definition) is 1. The van der Waals surface area contributed by atoms with E-state index in [9.17, 15) is 4.79 Å². The van der Waals surface area contributed by atoms with Gasteiger partial charge in [-0.2, -0.15) is 0 Å². The maximum absolute atomic E-state index is 12.3. The number of amides is 2. The normalized spacial score (nSPS) is 18.6. The van der Waals surface area contributed by atoms with Crippen molar-refractivity contribution in [1.82, 2.24) is 19.7 Å². The van der Waals surface area contributed by atoms with Crippen molar-refractivity contribution in [2.45, 2.75) is 30.7 Å². The van der Waals surface area contributed by atoms with Gasteiger partial charge in [-0.25, -0.2) is 4.79 Å². The van der Waals surface area contributed by atoms with E-state index in [2.05, 4.69) is 35.4 Å². The average Bonchev–Trinajstić information content (AvgIpc) is 3.17. The molecule has 6 nitrogen and oxygen atoms in total. The second kappa shape index (κ2) is 7.25. The lowest BCUT2D eigenvalue weighted by Crippen LogP contribution is -2.32. The molecule has 2 atom stereocenters. The van der Waals surface area contributed by atoms with Crippen molar-refractivity contribution in [2.75, 3.05) is 18.4 Å². The minimum absolute atomic E-state index is 0.00916. The lowest BCUT2D eigenvalue weighted by molar-refractivity contribution is 0.221. The molecule has 2 aromatic rings. The zero-order chi connectivity index (χ0) is 17.1. The fourth-order valence-corrected chi connectivity index (χ4v) is 3.70. The fraction of sp³-hybridized carbons (Fsp3) is 0.471. The summed E-state index contributed by atoms with van der Waals surface area (Å²) in [4.78, 5) is 14.2. The molecule has 1 aliphatic heterocycles. The summed E-state index contributed by atoms with van der Waals surface area (Å²) in [5.41, 5.74) is 1.98. The van der Waals surface area contributed by atoms with Gasteiger partial charge in [0, 0.05) is 31.1 Å². The number of carbonyl (C=O) groups excluding carboxylic acids is 1. The summed E-state index contributed by atoms with van der Waals surface area (Å²) in [6.07, 6.45) is 2.78. The summed E-state index contributed by atoms with van der Waals surface area (Å²) < 4.78 is 1.90. The maximum Gasteiger partial charge on any atom is 0.321 e. The molecule has 128 valence electrons. The quantitative estimate of drug-likeness (QED) is 0.861. The molecule has 2 amide bonds. The highest BCUT2D eigenvalue weighted by atomic mass is 32.2. The monoisotopic (exact) mass is 345 g/mol. The second-order valence-corrected chi connectivity index (χ2v) is 7.69. The number of aryl methyl sites for hydroxylation is 1. The predicted molar refractivity (Wildman–Crippen MR) is 96.1 cm³/mol. The van der Waals surface area contributed by atoms with Crippen molar-refractivity contribution in [3.8, 4) is 0 Å². The van der Waals surface area contributed by atoms with E-state index in [1.54, 1.807) is 18.1 Å². The van der Waals surface area contributed by atoms with Gasteiger partial charge in [-0.05, 0) is 37.0 Å². The Labute approximate surface area is 146 Å². The summed E-state index contributed by atoms with van der Waals surface area (Å²) in [6, 6.07) is 8.00. The highest BCUT2D eigenvalue weighted by molar-refractivity contribution is 7.99. The van der Waals surface area contributed by atoms with Gasteiger partial charge in [0.25, 0.3) is 0 Å². The highest BCUT2D eigenvalue weighted by Gasteiger charge is 2.23. The van der Waals surface area contributed by atoms with Gasteiger partial charge >= 0.3 is 6.03 Å². The van der Waals surface area contributed by atoms with Gasteiger partial charge in [-0.3, -0.25) is 0 Å². The molecule has 0 bridgehead atoms. The Morgan fingerprint density at radius 1 is 1.46 bits per heavy atom. The Hall–Kier alpha value is -2.02. The summed E-state index contributed by atoms with van der Waals surface area (Å²) in [7, 11) is 1.93. The Kier molecular flexibility index (Phi) is 5.08. The summed E-state index contributed by atoms with van der Waals surface area (Å²) in [5.74, 6) is 0.588. The average molecular weight is 345 g/mol. The van der Waals surface area contributed by atoms with Gasteiger partial charge in [0.15, 0.2) is 5.16 Å². The van der Waals surface area contributed by atoms with Crippen molar-refractivity contribution < 1.29 is 4.79 Å². The molecule has 0 spiro atoms. The molecule has 0 saturated carbocycles. The Bertz CT molecular complexity index is 717. The van der Waals surface area contributed by atoms with Crippen LogP contribution in [0.15, 0.2) is 35.7 Å². The van der Waals surface area contributed by atoms with Crippen LogP contribution in [0.3, 0.4) is 0 Å². The SMILES string of the molecule is CC1CCN(C(=O)Nc2cccc([C@H](C)Sc3nncn3C)c2)C1. The molecule has 1 aromatic heterocycles. The van der Waals surface area contributed by atoms with Gasteiger partial charge in [0.2, 0.25) is 0 Å². The van der Waals surface area contributed by atoms with Gasteiger partial charge in [0.1, 0.15) is 6.33 Å². The molecule has 0 radical (unpaired) electrons. The zero-order valence-electron chi connectivity index (χ0n) is 14.3. The summed E-state index contributed by atoms with van der Waals surface area (Å²) >= 11 is 1.65. The molecule has 1 saturated heterocycles. The van der Waals surface area contributed by atoms with E-state index in [0.29, 0.717) is 5.92 Å². The largest absolute Gasteiger partial charge is 0.324 e. The van der Waals surface area contributed by atoms with E-state index < -0.39 is 0 Å². The van der Waals surface area contributed by atoms with E-state index in [-0.39, 0.29) is 11.3 Å². The van der Waals surface area contributed by atoms with Crippen molar-refractivity contribution in [3.05, 3.63) is 36.2 Å². The predicted octanol–water partition coefficient (Wildman–Crippen LogP) is 3.54. The second-order valence-electron chi connectivity index (χ2n) is 6.38. The first-order chi connectivity index (χ1) is 11.5. The Morgan fingerprint density at radius 2 is 2.29 bits per heavy atom. The number of nitrogens with one attached hydrogen (secondary N) is 1. The standard InChI is InChI=1S/C17H23N5OS/c1-12-7-8-22(10-12)16(23)19-15-6-4-5-14(9-15)13(2)24-17-20-18-11-21(17)3/h4-6,9,11-13H,7-8,10H2,1-3H3,(H,19,23)/t12?,13-/m0/s1. The lowest BCUT2D eigenvalue weighted by atomic mass is 10.1. The van der Waals surface area contributed by atoms with Gasteiger partial charge < -0.3 is 14.8 Å². The van der Waals surface area contributed by atoms with Crippen molar-refractivity contribution in [2.24, 2.45) is 13.0 Å². The molecule has 1 unspecified atom stereocenters. The number of aromatic nitrogens is 3. The molecular formula is C17H23N5OS. The first kappa shape index (κ1) is 16.8. The number of hydrogen-bond acceptors (Lipinski definition) is 4. The van der Waals surface area contributed by atoms with E-state index in [1.165, 1.54) is 0 Å². The number of anilines is 1. The minimum Gasteiger partial charge on any atom is -0.324 e. The molecule has 2 heterocycles. The fourth-order valence-electron chi connectivity index (χ4n) is 2.80. The van der Waals surface area contributed by atoms with Crippen LogP contribution in [0.25, 0.3) is 0 Å². The van der Waals surface area contributed by atoms with Crippen LogP contribution < -0.4 is 5.32 Å². The van der Waals surface area contributed by atoms with Crippen molar-refractivity contribution in [1.29, 1.82) is 0 Å². The first-order valence-corrected chi connectivity index (χ1v) is 9.07. The molecule has 1 aliphatic rings. The zero-order valence-corrected chi connectivity index (χ0v) is 15.1. The number of rotatable bonds is 4. The number of urea groups is 1. The number of benzene rings is 1. The van der Waals surface area contributed by atoms with Gasteiger partial charge in [-0.15, -0.1) is 10.2 Å². The molecule has 24 heavy (non-hydrogen) atoms. The number of carbonyl (C=O) groups is 1. The Balaban J connectivity index is 1.65. The van der Waals surface area contributed by atoms with Crippen LogP contribution in [0.5, 0.6) is 0 Å². The minimum atomic E-state index is -0.00916. The van der Waals surface area contributed by atoms with E-state index in [0.717, 1.165) is 35.9 Å². The van der Waals surface area contributed by atoms with Crippen LogP contribution in [-0.4, -0.2) is 38.8 Å². The van der Waals surface area contributed by atoms with E-state index in [4.69, 9.17) is 0 Å². The van der Waals surface area contributed by atoms with Crippen molar-refractivity contribution in [3.63, 3.8) is 0 Å². The molecule has 7 heteroatoms. The van der Waals surface area contributed by atoms with Crippen LogP contribution in [-0.2, 0) is 7.05 Å². The third-order valence-electron chi connectivity index (χ3n) is 4.27. The summed E-state index contributed by atoms with van der Waals surface area (Å²) in [6.45, 7) is 5.98. The van der Waals surface area contributed by atoms with Gasteiger partial charge in [0.05, 0.1) is 0 Å². The molecule has 1 fully saturated rings. The van der Waals surface area contributed by atoms with Crippen LogP contribution in [0.2, 0.25) is 0 Å². The van der Waals surface area contributed by atoms with Gasteiger partial charge in [-0.1, -0.05) is 30.8 Å². The molecular weight excluding hydrogens is 322 g/mol. The third kappa shape index (κ3) is 3.90. The smallest absolute Gasteiger partial charge is 0.321 e. The van der Waals surface area contributed by atoms with Crippen LogP contribution in [0, 0.1) is 5.92 Å². The number of thioether (sulfide) groups is 1. The third-order valence-corrected chi connectivity index (χ3v) is 5.48. The highest BCUT2D eigenvalue weighted by Crippen LogP contribution is 2.34. The van der Waals surface area contributed by atoms with Crippen LogP contribution in [0.4, 0.5) is 10.5 Å². The van der Waals surface area contributed by atoms with E-state index in [1.807, 2.05) is 34.7 Å². The van der Waals surface area contributed by atoms with Crippen LogP contribution in [0.1, 0.15) is 31.1 Å². The number of nitrogens with zero attached hydrogens (tertiary/aromatic N) is 4. The lowest BCUT2D eigenvalue weighted by Gasteiger charge is -2.18. The molecule has 0 aliphatic carbocycles.